The van der Waals surface area contributed by atoms with Gasteiger partial charge >= 0.3 is 0 Å². The molecule has 0 fully saturated rings. The van der Waals surface area contributed by atoms with Crippen LogP contribution >= 0.6 is 24.0 Å². The third-order valence-electron chi connectivity index (χ3n) is 1.94. The fraction of sp³-hybridized carbons (Fsp3) is 0.444. The molecule has 1 aromatic rings. The van der Waals surface area contributed by atoms with Crippen molar-refractivity contribution >= 4 is 29.9 Å². The van der Waals surface area contributed by atoms with E-state index >= 15 is 0 Å². The molecule has 0 spiro atoms. The number of rotatable bonds is 3. The molecule has 0 radical (unpaired) electrons. The molecular formula is C9H15Cl2N3O. The number of nitrogens with one attached hydrogen (secondary N) is 1. The molecule has 0 saturated carbocycles. The Hall–Kier alpha value is -0.710. The summed E-state index contributed by atoms with van der Waals surface area (Å²) in [6.07, 6.45) is 1.68. The highest BCUT2D eigenvalue weighted by molar-refractivity contribution is 6.31. The van der Waals surface area contributed by atoms with Crippen molar-refractivity contribution in [3.8, 4) is 0 Å². The van der Waals surface area contributed by atoms with Crippen molar-refractivity contribution in [3.63, 3.8) is 0 Å². The number of nitrogens with zero attached hydrogens (tertiary/aromatic N) is 1. The van der Waals surface area contributed by atoms with E-state index in [1.165, 1.54) is 0 Å². The maximum atomic E-state index is 11.6. The van der Waals surface area contributed by atoms with Crippen molar-refractivity contribution in [2.24, 2.45) is 12.8 Å². The molecule has 0 aliphatic rings. The fourth-order valence-corrected chi connectivity index (χ4v) is 1.36. The van der Waals surface area contributed by atoms with Gasteiger partial charge in [0.2, 0.25) is 0 Å². The Morgan fingerprint density at radius 1 is 1.73 bits per heavy atom. The lowest BCUT2D eigenvalue weighted by Crippen LogP contribution is -2.38. The Labute approximate surface area is 100 Å². The zero-order valence-electron chi connectivity index (χ0n) is 8.66. The van der Waals surface area contributed by atoms with Gasteiger partial charge in [-0.05, 0) is 13.0 Å². The molecule has 0 unspecified atom stereocenters. The molecule has 0 aliphatic carbocycles. The SMILES string of the molecule is C[C@@H](CN)NC(=O)c1cc(Cl)cn1C.Cl. The van der Waals surface area contributed by atoms with Crippen LogP contribution in [-0.4, -0.2) is 23.1 Å². The van der Waals surface area contributed by atoms with Crippen molar-refractivity contribution < 1.29 is 4.79 Å². The first kappa shape index (κ1) is 14.3. The molecule has 0 bridgehead atoms. The summed E-state index contributed by atoms with van der Waals surface area (Å²) in [7, 11) is 1.77. The van der Waals surface area contributed by atoms with E-state index in [-0.39, 0.29) is 24.4 Å². The van der Waals surface area contributed by atoms with Crippen LogP contribution in [0, 0.1) is 0 Å². The molecule has 1 aromatic heterocycles. The van der Waals surface area contributed by atoms with Crippen molar-refractivity contribution in [1.29, 1.82) is 0 Å². The number of carbonyl (C=O) groups is 1. The van der Waals surface area contributed by atoms with Crippen LogP contribution in [0.2, 0.25) is 5.02 Å². The van der Waals surface area contributed by atoms with Gasteiger partial charge in [-0.15, -0.1) is 12.4 Å². The van der Waals surface area contributed by atoms with Crippen molar-refractivity contribution in [3.05, 3.63) is 23.0 Å². The zero-order valence-corrected chi connectivity index (χ0v) is 10.2. The van der Waals surface area contributed by atoms with Crippen LogP contribution in [-0.2, 0) is 7.05 Å². The summed E-state index contributed by atoms with van der Waals surface area (Å²) >= 11 is 5.75. The van der Waals surface area contributed by atoms with Crippen LogP contribution in [0.1, 0.15) is 17.4 Å². The maximum Gasteiger partial charge on any atom is 0.268 e. The highest BCUT2D eigenvalue weighted by atomic mass is 35.5. The van der Waals surface area contributed by atoms with E-state index in [1.54, 1.807) is 23.9 Å². The van der Waals surface area contributed by atoms with Gasteiger partial charge in [0.15, 0.2) is 0 Å². The lowest BCUT2D eigenvalue weighted by molar-refractivity contribution is 0.0933. The lowest BCUT2D eigenvalue weighted by atomic mass is 10.3. The normalized spacial score (nSPS) is 11.7. The second-order valence-electron chi connectivity index (χ2n) is 3.26. The summed E-state index contributed by atoms with van der Waals surface area (Å²) in [5.74, 6) is -0.155. The summed E-state index contributed by atoms with van der Waals surface area (Å²) < 4.78 is 1.68. The summed E-state index contributed by atoms with van der Waals surface area (Å²) in [6, 6.07) is 1.59. The number of hydrogen-bond acceptors (Lipinski definition) is 2. The van der Waals surface area contributed by atoms with Crippen LogP contribution in [0.5, 0.6) is 0 Å². The number of halogens is 2. The topological polar surface area (TPSA) is 60.0 Å². The summed E-state index contributed by atoms with van der Waals surface area (Å²) in [6.45, 7) is 2.27. The monoisotopic (exact) mass is 251 g/mol. The quantitative estimate of drug-likeness (QED) is 0.848. The molecule has 1 atom stereocenters. The van der Waals surface area contributed by atoms with E-state index in [1.807, 2.05) is 6.92 Å². The number of nitrogens with two attached hydrogens (primary N) is 1. The first-order valence-electron chi connectivity index (χ1n) is 4.37. The van der Waals surface area contributed by atoms with Crippen molar-refractivity contribution in [2.75, 3.05) is 6.54 Å². The van der Waals surface area contributed by atoms with E-state index in [4.69, 9.17) is 17.3 Å². The van der Waals surface area contributed by atoms with E-state index in [9.17, 15) is 4.79 Å². The van der Waals surface area contributed by atoms with Gasteiger partial charge < -0.3 is 15.6 Å². The minimum absolute atomic E-state index is 0. The number of hydrogen-bond donors (Lipinski definition) is 2. The molecule has 15 heavy (non-hydrogen) atoms. The van der Waals surface area contributed by atoms with E-state index in [0.717, 1.165) is 0 Å². The van der Waals surface area contributed by atoms with Gasteiger partial charge in [0.05, 0.1) is 5.02 Å². The van der Waals surface area contributed by atoms with Gasteiger partial charge in [0.25, 0.3) is 5.91 Å². The smallest absolute Gasteiger partial charge is 0.268 e. The standard InChI is InChI=1S/C9H14ClN3O.ClH/c1-6(4-11)12-9(14)8-3-7(10)5-13(8)2;/h3,5-6H,4,11H2,1-2H3,(H,12,14);1H/t6-;/m0./s1. The average Bonchev–Trinajstić information content (AvgIpc) is 2.45. The van der Waals surface area contributed by atoms with Crippen LogP contribution in [0.3, 0.4) is 0 Å². The zero-order chi connectivity index (χ0) is 10.7. The predicted octanol–water partition coefficient (Wildman–Crippen LogP) is 1.18. The van der Waals surface area contributed by atoms with Crippen molar-refractivity contribution in [1.82, 2.24) is 9.88 Å². The molecule has 1 rings (SSSR count). The van der Waals surface area contributed by atoms with Crippen molar-refractivity contribution in [2.45, 2.75) is 13.0 Å². The minimum Gasteiger partial charge on any atom is -0.347 e. The van der Waals surface area contributed by atoms with Gasteiger partial charge in [-0.3, -0.25) is 4.79 Å². The van der Waals surface area contributed by atoms with Crippen LogP contribution in [0.4, 0.5) is 0 Å². The number of aromatic nitrogens is 1. The molecule has 1 heterocycles. The number of carbonyl (C=O) groups excluding carboxylic acids is 1. The molecule has 86 valence electrons. The highest BCUT2D eigenvalue weighted by Gasteiger charge is 2.12. The Morgan fingerprint density at radius 3 is 2.73 bits per heavy atom. The molecule has 0 aliphatic heterocycles. The first-order chi connectivity index (χ1) is 6.54. The lowest BCUT2D eigenvalue weighted by Gasteiger charge is -2.11. The molecular weight excluding hydrogens is 237 g/mol. The Morgan fingerprint density at radius 2 is 2.33 bits per heavy atom. The predicted molar refractivity (Wildman–Crippen MR) is 63.7 cm³/mol. The van der Waals surface area contributed by atoms with Crippen LogP contribution in [0.25, 0.3) is 0 Å². The second-order valence-corrected chi connectivity index (χ2v) is 3.70. The van der Waals surface area contributed by atoms with Gasteiger partial charge in [-0.1, -0.05) is 11.6 Å². The molecule has 3 N–H and O–H groups in total. The molecule has 0 saturated heterocycles. The van der Waals surface area contributed by atoms with E-state index in [2.05, 4.69) is 5.32 Å². The highest BCUT2D eigenvalue weighted by Crippen LogP contribution is 2.12. The van der Waals surface area contributed by atoms with Gasteiger partial charge in [-0.2, -0.15) is 0 Å². The molecule has 0 aromatic carbocycles. The third-order valence-corrected chi connectivity index (χ3v) is 2.14. The third kappa shape index (κ3) is 3.74. The fourth-order valence-electron chi connectivity index (χ4n) is 1.11. The summed E-state index contributed by atoms with van der Waals surface area (Å²) in [5, 5.41) is 3.31. The Bertz CT molecular complexity index is 338. The van der Waals surface area contributed by atoms with E-state index < -0.39 is 0 Å². The Kier molecular flexibility index (Phi) is 5.72. The van der Waals surface area contributed by atoms with E-state index in [0.29, 0.717) is 17.3 Å². The summed E-state index contributed by atoms with van der Waals surface area (Å²) in [4.78, 5) is 11.6. The summed E-state index contributed by atoms with van der Waals surface area (Å²) in [5.41, 5.74) is 5.93. The average molecular weight is 252 g/mol. The minimum atomic E-state index is -0.155. The maximum absolute atomic E-state index is 11.6. The molecule has 1 amide bonds. The second kappa shape index (κ2) is 6.00. The Balaban J connectivity index is 0.00000196. The molecule has 4 nitrogen and oxygen atoms in total. The van der Waals surface area contributed by atoms with Gasteiger partial charge in [-0.25, -0.2) is 0 Å². The van der Waals surface area contributed by atoms with Gasteiger partial charge in [0.1, 0.15) is 5.69 Å². The van der Waals surface area contributed by atoms with Gasteiger partial charge in [0, 0.05) is 25.8 Å². The number of amides is 1. The number of aryl methyl sites for hydroxylation is 1. The van der Waals surface area contributed by atoms with Crippen LogP contribution < -0.4 is 11.1 Å². The van der Waals surface area contributed by atoms with Crippen LogP contribution in [0.15, 0.2) is 12.3 Å². The largest absolute Gasteiger partial charge is 0.347 e. The first-order valence-corrected chi connectivity index (χ1v) is 4.75. The molecule has 6 heteroatoms.